The number of nitriles is 1. The third-order valence-corrected chi connectivity index (χ3v) is 4.33. The zero-order valence-corrected chi connectivity index (χ0v) is 15.7. The number of rotatable bonds is 5. The molecule has 0 aliphatic heterocycles. The van der Waals surface area contributed by atoms with Gasteiger partial charge in [0.05, 0.1) is 16.7 Å². The number of aromatic nitrogens is 4. The molecule has 3 aromatic rings. The Morgan fingerprint density at radius 1 is 1.39 bits per heavy atom. The number of carbonyl (C=O) groups is 1. The van der Waals surface area contributed by atoms with Crippen molar-refractivity contribution in [3.63, 3.8) is 0 Å². The lowest BCUT2D eigenvalue weighted by Gasteiger charge is -2.03. The SMILES string of the molecule is Cc1nn(C)c(C)c1/C=C/C(=O)OC/C(O)=C(\C#N)c1nc2ccccc2[nH]1. The van der Waals surface area contributed by atoms with Crippen LogP contribution in [-0.4, -0.2) is 37.4 Å². The molecule has 0 aliphatic rings. The van der Waals surface area contributed by atoms with Gasteiger partial charge >= 0.3 is 5.97 Å². The largest absolute Gasteiger partial charge is 0.507 e. The number of para-hydroxylation sites is 2. The molecule has 0 atom stereocenters. The van der Waals surface area contributed by atoms with Gasteiger partial charge in [-0.25, -0.2) is 9.78 Å². The third-order valence-electron chi connectivity index (χ3n) is 4.33. The van der Waals surface area contributed by atoms with E-state index in [2.05, 4.69) is 15.1 Å². The Bertz CT molecular complexity index is 1110. The molecule has 1 aromatic carbocycles. The Kier molecular flexibility index (Phi) is 5.27. The van der Waals surface area contributed by atoms with E-state index in [1.165, 1.54) is 6.08 Å². The van der Waals surface area contributed by atoms with Crippen molar-refractivity contribution in [2.45, 2.75) is 13.8 Å². The molecule has 0 saturated heterocycles. The number of allylic oxidation sites excluding steroid dienone is 1. The lowest BCUT2D eigenvalue weighted by molar-refractivity contribution is -0.137. The van der Waals surface area contributed by atoms with Crippen LogP contribution in [0.25, 0.3) is 22.7 Å². The summed E-state index contributed by atoms with van der Waals surface area (Å²) in [6.45, 7) is 3.30. The molecule has 2 aromatic heterocycles. The van der Waals surface area contributed by atoms with Crippen LogP contribution < -0.4 is 0 Å². The van der Waals surface area contributed by atoms with Crippen molar-refractivity contribution < 1.29 is 14.6 Å². The van der Waals surface area contributed by atoms with Gasteiger partial charge in [0.1, 0.15) is 18.2 Å². The third kappa shape index (κ3) is 3.78. The fourth-order valence-electron chi connectivity index (χ4n) is 2.77. The smallest absolute Gasteiger partial charge is 0.331 e. The minimum Gasteiger partial charge on any atom is -0.507 e. The monoisotopic (exact) mass is 377 g/mol. The molecule has 0 unspecified atom stereocenters. The van der Waals surface area contributed by atoms with Gasteiger partial charge in [-0.15, -0.1) is 0 Å². The number of aromatic amines is 1. The molecule has 3 rings (SSSR count). The van der Waals surface area contributed by atoms with Gasteiger partial charge in [-0.05, 0) is 32.1 Å². The van der Waals surface area contributed by atoms with E-state index in [9.17, 15) is 15.2 Å². The predicted octanol–water partition coefficient (Wildman–Crippen LogP) is 2.96. The van der Waals surface area contributed by atoms with Crippen LogP contribution in [0.4, 0.5) is 0 Å². The number of hydrogen-bond acceptors (Lipinski definition) is 6. The van der Waals surface area contributed by atoms with Crippen molar-refractivity contribution in [3.8, 4) is 6.07 Å². The van der Waals surface area contributed by atoms with E-state index in [0.29, 0.717) is 5.52 Å². The number of ether oxygens (including phenoxy) is 1. The van der Waals surface area contributed by atoms with Crippen LogP contribution in [-0.2, 0) is 16.6 Å². The molecule has 0 saturated carbocycles. The summed E-state index contributed by atoms with van der Waals surface area (Å²) in [7, 11) is 1.82. The first-order chi connectivity index (χ1) is 13.4. The fraction of sp³-hybridized carbons (Fsp3) is 0.200. The number of nitrogens with zero attached hydrogens (tertiary/aromatic N) is 4. The number of carbonyl (C=O) groups excluding carboxylic acids is 1. The van der Waals surface area contributed by atoms with Gasteiger partial charge in [0, 0.05) is 24.4 Å². The number of esters is 1. The first-order valence-electron chi connectivity index (χ1n) is 8.53. The van der Waals surface area contributed by atoms with Crippen LogP contribution in [0.15, 0.2) is 36.1 Å². The number of aliphatic hydroxyl groups excluding tert-OH is 1. The Morgan fingerprint density at radius 2 is 2.14 bits per heavy atom. The Hall–Kier alpha value is -3.86. The Labute approximate surface area is 161 Å². The number of aliphatic hydroxyl groups is 1. The van der Waals surface area contributed by atoms with E-state index in [4.69, 9.17) is 4.74 Å². The normalized spacial score (nSPS) is 12.2. The molecular weight excluding hydrogens is 358 g/mol. The van der Waals surface area contributed by atoms with Crippen LogP contribution in [0.2, 0.25) is 0 Å². The maximum atomic E-state index is 12.0. The zero-order valence-electron chi connectivity index (χ0n) is 15.7. The average molecular weight is 377 g/mol. The molecule has 2 heterocycles. The number of benzene rings is 1. The molecular formula is C20H19N5O3. The predicted molar refractivity (Wildman–Crippen MR) is 104 cm³/mol. The molecule has 28 heavy (non-hydrogen) atoms. The van der Waals surface area contributed by atoms with Gasteiger partial charge in [-0.3, -0.25) is 4.68 Å². The van der Waals surface area contributed by atoms with Gasteiger partial charge in [-0.2, -0.15) is 10.4 Å². The zero-order chi connectivity index (χ0) is 20.3. The number of fused-ring (bicyclic) bond motifs is 1. The van der Waals surface area contributed by atoms with Crippen molar-refractivity contribution in [3.05, 3.63) is 58.9 Å². The van der Waals surface area contributed by atoms with Crippen LogP contribution >= 0.6 is 0 Å². The maximum absolute atomic E-state index is 12.0. The highest BCUT2D eigenvalue weighted by Gasteiger charge is 2.14. The van der Waals surface area contributed by atoms with E-state index in [0.717, 1.165) is 22.5 Å². The number of H-pyrrole nitrogens is 1. The molecule has 8 heteroatoms. The highest BCUT2D eigenvalue weighted by atomic mass is 16.5. The Balaban J connectivity index is 1.72. The number of nitrogens with one attached hydrogen (secondary N) is 1. The second kappa shape index (κ2) is 7.80. The van der Waals surface area contributed by atoms with Crippen LogP contribution in [0.5, 0.6) is 0 Å². The number of hydrogen-bond donors (Lipinski definition) is 2. The van der Waals surface area contributed by atoms with E-state index in [1.807, 2.05) is 45.2 Å². The lowest BCUT2D eigenvalue weighted by Crippen LogP contribution is -2.06. The van der Waals surface area contributed by atoms with Crippen molar-refractivity contribution in [1.82, 2.24) is 19.7 Å². The molecule has 0 amide bonds. The molecule has 0 bridgehead atoms. The molecule has 8 nitrogen and oxygen atoms in total. The van der Waals surface area contributed by atoms with Gasteiger partial charge in [0.25, 0.3) is 0 Å². The standard InChI is InChI=1S/C20H19N5O3/c1-12-14(13(2)25(3)24-12)8-9-19(27)28-11-18(26)15(10-21)20-22-16-6-4-5-7-17(16)23-20/h4-9,26H,11H2,1-3H3,(H,22,23)/b9-8+,18-15-. The average Bonchev–Trinajstić information content (AvgIpc) is 3.20. The molecule has 0 fully saturated rings. The van der Waals surface area contributed by atoms with E-state index in [1.54, 1.807) is 16.8 Å². The molecule has 2 N–H and O–H groups in total. The minimum atomic E-state index is -0.643. The van der Waals surface area contributed by atoms with Crippen molar-refractivity contribution in [2.75, 3.05) is 6.61 Å². The summed E-state index contributed by atoms with van der Waals surface area (Å²) >= 11 is 0. The van der Waals surface area contributed by atoms with Gasteiger partial charge < -0.3 is 14.8 Å². The Morgan fingerprint density at radius 3 is 2.79 bits per heavy atom. The summed E-state index contributed by atoms with van der Waals surface area (Å²) in [5.74, 6) is -0.803. The quantitative estimate of drug-likeness (QED) is 0.306. The van der Waals surface area contributed by atoms with E-state index in [-0.39, 0.29) is 17.2 Å². The fourth-order valence-corrected chi connectivity index (χ4v) is 2.77. The van der Waals surface area contributed by atoms with E-state index >= 15 is 0 Å². The van der Waals surface area contributed by atoms with Gasteiger partial charge in [0.2, 0.25) is 0 Å². The van der Waals surface area contributed by atoms with Crippen LogP contribution in [0.1, 0.15) is 22.8 Å². The first-order valence-corrected chi connectivity index (χ1v) is 8.53. The summed E-state index contributed by atoms with van der Waals surface area (Å²) in [5.41, 5.74) is 3.87. The molecule has 0 spiro atoms. The highest BCUT2D eigenvalue weighted by molar-refractivity contribution is 5.88. The summed E-state index contributed by atoms with van der Waals surface area (Å²) in [4.78, 5) is 19.2. The van der Waals surface area contributed by atoms with E-state index < -0.39 is 12.6 Å². The topological polar surface area (TPSA) is 117 Å². The first kappa shape index (κ1) is 18.9. The maximum Gasteiger partial charge on any atom is 0.331 e. The highest BCUT2D eigenvalue weighted by Crippen LogP contribution is 2.19. The second-order valence-electron chi connectivity index (χ2n) is 6.19. The van der Waals surface area contributed by atoms with Crippen LogP contribution in [0.3, 0.4) is 0 Å². The van der Waals surface area contributed by atoms with Crippen molar-refractivity contribution >= 4 is 28.7 Å². The lowest BCUT2D eigenvalue weighted by atomic mass is 10.2. The molecule has 142 valence electrons. The van der Waals surface area contributed by atoms with Gasteiger partial charge in [-0.1, -0.05) is 12.1 Å². The van der Waals surface area contributed by atoms with Crippen molar-refractivity contribution in [2.24, 2.45) is 7.05 Å². The summed E-state index contributed by atoms with van der Waals surface area (Å²) in [6.07, 6.45) is 2.88. The summed E-state index contributed by atoms with van der Waals surface area (Å²) < 4.78 is 6.76. The van der Waals surface area contributed by atoms with Crippen LogP contribution in [0, 0.1) is 25.2 Å². The molecule has 0 aliphatic carbocycles. The summed E-state index contributed by atoms with van der Waals surface area (Å²) in [5, 5.41) is 23.8. The minimum absolute atomic E-state index is 0.0769. The summed E-state index contributed by atoms with van der Waals surface area (Å²) in [6, 6.07) is 9.15. The second-order valence-corrected chi connectivity index (χ2v) is 6.19. The van der Waals surface area contributed by atoms with Gasteiger partial charge in [0.15, 0.2) is 11.6 Å². The van der Waals surface area contributed by atoms with Crippen molar-refractivity contribution in [1.29, 1.82) is 5.26 Å². The number of aryl methyl sites for hydroxylation is 2. The number of imidazole rings is 1. The molecule has 0 radical (unpaired) electrons.